The first-order chi connectivity index (χ1) is 41.1. The average Bonchev–Trinajstić information content (AvgIpc) is 3.49. The lowest BCUT2D eigenvalue weighted by Gasteiger charge is -2.15. The number of unbranched alkanes of at least 4 members (excludes halogenated alkanes) is 52. The van der Waals surface area contributed by atoms with Gasteiger partial charge in [0.2, 0.25) is 0 Å². The Labute approximate surface area is 519 Å². The smallest absolute Gasteiger partial charge is 0.306 e. The Bertz CT molecular complexity index is 1410. The summed E-state index contributed by atoms with van der Waals surface area (Å²) >= 11 is 0. The van der Waals surface area contributed by atoms with Crippen molar-refractivity contribution in [2.45, 2.75) is 412 Å². The Hall–Kier alpha value is -2.40. The van der Waals surface area contributed by atoms with E-state index in [0.29, 0.717) is 12.8 Å². The highest BCUT2D eigenvalue weighted by Gasteiger charge is 2.16. The molecule has 0 aromatic heterocycles. The van der Waals surface area contributed by atoms with Crippen LogP contribution >= 0.6 is 0 Å². The van der Waals surface area contributed by atoms with E-state index in [1.807, 2.05) is 0 Å². The fraction of sp³-hybridized carbons (Fsp3) is 0.846. The summed E-state index contributed by atoms with van der Waals surface area (Å²) in [5, 5.41) is 9.71. The molecule has 83 heavy (non-hydrogen) atoms. The zero-order chi connectivity index (χ0) is 59.8. The van der Waals surface area contributed by atoms with Gasteiger partial charge in [-0.25, -0.2) is 0 Å². The molecule has 0 aliphatic carbocycles. The molecule has 0 rings (SSSR count). The van der Waals surface area contributed by atoms with E-state index >= 15 is 0 Å². The molecular formula is C78H144O5. The van der Waals surface area contributed by atoms with Crippen LogP contribution in [0.3, 0.4) is 0 Å². The highest BCUT2D eigenvalue weighted by Crippen LogP contribution is 2.20. The van der Waals surface area contributed by atoms with Crippen molar-refractivity contribution in [1.82, 2.24) is 0 Å². The molecule has 0 saturated carbocycles. The van der Waals surface area contributed by atoms with Crippen molar-refractivity contribution in [2.24, 2.45) is 0 Å². The quantitative estimate of drug-likeness (QED) is 0.0373. The minimum atomic E-state index is -0.773. The van der Waals surface area contributed by atoms with Gasteiger partial charge in [0, 0.05) is 12.8 Å². The summed E-state index contributed by atoms with van der Waals surface area (Å²) in [6.07, 6.45) is 101. The zero-order valence-electron chi connectivity index (χ0n) is 56.0. The van der Waals surface area contributed by atoms with Crippen LogP contribution in [0.1, 0.15) is 406 Å². The number of hydrogen-bond donors (Lipinski definition) is 1. The second kappa shape index (κ2) is 73.9. The highest BCUT2D eigenvalue weighted by molar-refractivity contribution is 5.70. The van der Waals surface area contributed by atoms with Crippen molar-refractivity contribution in [3.05, 3.63) is 60.8 Å². The zero-order valence-corrected chi connectivity index (χ0v) is 56.0. The van der Waals surface area contributed by atoms with Gasteiger partial charge >= 0.3 is 11.9 Å². The van der Waals surface area contributed by atoms with Gasteiger partial charge in [-0.2, -0.15) is 0 Å². The number of esters is 2. The van der Waals surface area contributed by atoms with Gasteiger partial charge in [0.1, 0.15) is 6.61 Å². The van der Waals surface area contributed by atoms with Crippen LogP contribution in [-0.4, -0.2) is 36.4 Å². The van der Waals surface area contributed by atoms with Gasteiger partial charge in [0.25, 0.3) is 0 Å². The molecule has 1 atom stereocenters. The molecule has 0 aliphatic rings. The monoisotopic (exact) mass is 1160 g/mol. The molecule has 0 saturated heterocycles. The molecule has 0 aromatic rings. The van der Waals surface area contributed by atoms with Gasteiger partial charge in [-0.05, 0) is 57.8 Å². The first kappa shape index (κ1) is 80.6. The topological polar surface area (TPSA) is 72.8 Å². The predicted octanol–water partition coefficient (Wildman–Crippen LogP) is 26.1. The Kier molecular flexibility index (Phi) is 71.7. The lowest BCUT2D eigenvalue weighted by atomic mass is 10.0. The van der Waals surface area contributed by atoms with Crippen molar-refractivity contribution in [3.63, 3.8) is 0 Å². The molecule has 0 aliphatic heterocycles. The Morgan fingerprint density at radius 1 is 0.289 bits per heavy atom. The molecule has 0 fully saturated rings. The SMILES string of the molecule is CC/C=C\C/C=C\C/C=C\C/C=C\C/C=C\CCCCCCCCCCCCCCCCCC(=O)OC(CO)COC(=O)CCCCCCCCCCCCCCCCCCCCCCCCCCCCCCCCCCCCCCCC. The van der Waals surface area contributed by atoms with Crippen LogP contribution in [0.5, 0.6) is 0 Å². The number of carbonyl (C=O) groups excluding carboxylic acids is 2. The molecule has 0 spiro atoms. The summed E-state index contributed by atoms with van der Waals surface area (Å²) < 4.78 is 10.8. The molecule has 486 valence electrons. The number of carbonyl (C=O) groups is 2. The van der Waals surface area contributed by atoms with Gasteiger partial charge in [0.05, 0.1) is 6.61 Å². The largest absolute Gasteiger partial charge is 0.462 e. The van der Waals surface area contributed by atoms with Crippen LogP contribution in [0.25, 0.3) is 0 Å². The van der Waals surface area contributed by atoms with E-state index in [2.05, 4.69) is 74.6 Å². The van der Waals surface area contributed by atoms with Crippen LogP contribution in [0.15, 0.2) is 60.8 Å². The van der Waals surface area contributed by atoms with Crippen LogP contribution in [-0.2, 0) is 19.1 Å². The Morgan fingerprint density at radius 3 is 0.783 bits per heavy atom. The van der Waals surface area contributed by atoms with Crippen molar-refractivity contribution < 1.29 is 24.2 Å². The maximum Gasteiger partial charge on any atom is 0.306 e. The van der Waals surface area contributed by atoms with E-state index in [-0.39, 0.29) is 25.2 Å². The van der Waals surface area contributed by atoms with Gasteiger partial charge < -0.3 is 14.6 Å². The summed E-state index contributed by atoms with van der Waals surface area (Å²) in [7, 11) is 0. The normalized spacial score (nSPS) is 12.5. The molecule has 0 amide bonds. The molecule has 5 heteroatoms. The molecule has 5 nitrogen and oxygen atoms in total. The van der Waals surface area contributed by atoms with Crippen molar-refractivity contribution in [3.8, 4) is 0 Å². The highest BCUT2D eigenvalue weighted by atomic mass is 16.6. The van der Waals surface area contributed by atoms with Crippen LogP contribution in [0, 0.1) is 0 Å². The summed E-state index contributed by atoms with van der Waals surface area (Å²) in [6.45, 7) is 4.09. The molecule has 0 radical (unpaired) electrons. The Morgan fingerprint density at radius 2 is 0.518 bits per heavy atom. The first-order valence-electron chi connectivity index (χ1n) is 37.3. The summed E-state index contributed by atoms with van der Waals surface area (Å²) in [4.78, 5) is 24.7. The first-order valence-corrected chi connectivity index (χ1v) is 37.3. The third kappa shape index (κ3) is 72.0. The third-order valence-electron chi connectivity index (χ3n) is 17.1. The number of aliphatic hydroxyl groups excluding tert-OH is 1. The Balaban J connectivity index is 3.38. The number of allylic oxidation sites excluding steroid dienone is 10. The van der Waals surface area contributed by atoms with E-state index in [1.165, 1.54) is 315 Å². The maximum absolute atomic E-state index is 12.4. The molecule has 0 bridgehead atoms. The third-order valence-corrected chi connectivity index (χ3v) is 17.1. The summed E-state index contributed by atoms with van der Waals surface area (Å²) in [5.74, 6) is -0.570. The predicted molar refractivity (Wildman–Crippen MR) is 367 cm³/mol. The van der Waals surface area contributed by atoms with Crippen LogP contribution in [0.2, 0.25) is 0 Å². The molecule has 1 N–H and O–H groups in total. The second-order valence-electron chi connectivity index (χ2n) is 25.4. The van der Waals surface area contributed by atoms with Crippen molar-refractivity contribution >= 4 is 11.9 Å². The molecule has 0 heterocycles. The minimum absolute atomic E-state index is 0.0617. The van der Waals surface area contributed by atoms with Gasteiger partial charge in [-0.15, -0.1) is 0 Å². The van der Waals surface area contributed by atoms with E-state index in [9.17, 15) is 14.7 Å². The van der Waals surface area contributed by atoms with Crippen LogP contribution in [0.4, 0.5) is 0 Å². The second-order valence-corrected chi connectivity index (χ2v) is 25.4. The summed E-state index contributed by atoms with van der Waals surface area (Å²) in [5.41, 5.74) is 0. The van der Waals surface area contributed by atoms with E-state index < -0.39 is 6.10 Å². The minimum Gasteiger partial charge on any atom is -0.462 e. The maximum atomic E-state index is 12.4. The fourth-order valence-electron chi connectivity index (χ4n) is 11.5. The average molecular weight is 1160 g/mol. The number of aliphatic hydroxyl groups is 1. The number of ether oxygens (including phenoxy) is 2. The van der Waals surface area contributed by atoms with E-state index in [1.54, 1.807) is 0 Å². The number of rotatable bonds is 70. The van der Waals surface area contributed by atoms with Gasteiger partial charge in [-0.1, -0.05) is 396 Å². The van der Waals surface area contributed by atoms with Crippen molar-refractivity contribution in [2.75, 3.05) is 13.2 Å². The van der Waals surface area contributed by atoms with Gasteiger partial charge in [0.15, 0.2) is 6.10 Å². The molecule has 1 unspecified atom stereocenters. The van der Waals surface area contributed by atoms with E-state index in [0.717, 1.165) is 64.2 Å². The number of hydrogen-bond acceptors (Lipinski definition) is 5. The molecule has 0 aromatic carbocycles. The fourth-order valence-corrected chi connectivity index (χ4v) is 11.5. The van der Waals surface area contributed by atoms with Gasteiger partial charge in [-0.3, -0.25) is 9.59 Å². The lowest BCUT2D eigenvalue weighted by molar-refractivity contribution is -0.161. The van der Waals surface area contributed by atoms with Crippen molar-refractivity contribution in [1.29, 1.82) is 0 Å². The van der Waals surface area contributed by atoms with Crippen LogP contribution < -0.4 is 0 Å². The standard InChI is InChI=1S/C78H144O5/c1-3-5-7-9-11-13-15-17-19-21-23-25-27-29-31-33-35-36-37-38-39-40-41-43-44-46-48-50-52-54-56-58-60-62-64-66-68-70-72-77(80)82-75-76(74-79)83-78(81)73-71-69-67-65-63-61-59-57-55-53-51-49-47-45-42-34-32-30-28-26-24-22-20-18-16-14-12-10-8-6-4-2/h6,8,12,14,18,20,24,26,30,32,76,79H,3-5,7,9-11,13,15-17,19,21-23,25,27-29,31,33-75H2,1-2H3/b8-6-,14-12-,20-18-,26-24-,32-30-. The lowest BCUT2D eigenvalue weighted by Crippen LogP contribution is -2.28. The molecular weight excluding hydrogens is 1020 g/mol. The summed E-state index contributed by atoms with van der Waals surface area (Å²) in [6, 6.07) is 0. The van der Waals surface area contributed by atoms with E-state index in [4.69, 9.17) is 9.47 Å².